The fourth-order valence-corrected chi connectivity index (χ4v) is 2.35. The molecule has 1 aromatic carbocycles. The number of fused-ring (bicyclic) bond motifs is 1. The van der Waals surface area contributed by atoms with Crippen molar-refractivity contribution >= 4 is 11.9 Å². The zero-order chi connectivity index (χ0) is 15.2. The summed E-state index contributed by atoms with van der Waals surface area (Å²) in [6.07, 6.45) is 4.40. The average molecular weight is 295 g/mol. The molecule has 0 aromatic heterocycles. The number of hydrogen-bond acceptors (Lipinski definition) is 3. The topological polar surface area (TPSA) is 75.6 Å². The van der Waals surface area contributed by atoms with Crippen molar-refractivity contribution in [2.45, 2.75) is 31.7 Å². The molecule has 0 radical (unpaired) electrons. The third-order valence-electron chi connectivity index (χ3n) is 3.48. The number of ether oxygens (including phenoxy) is 1. The molecule has 0 heterocycles. The number of carboxylic acid groups (broad SMARTS) is 1. The number of nitrogens with one attached hydrogen (secondary N) is 1. The van der Waals surface area contributed by atoms with Crippen molar-refractivity contribution in [1.29, 1.82) is 0 Å². The van der Waals surface area contributed by atoms with E-state index in [1.54, 1.807) is 6.07 Å². The molecule has 114 valence electrons. The van der Waals surface area contributed by atoms with Crippen molar-refractivity contribution in [1.82, 2.24) is 5.32 Å². The second-order valence-corrected chi connectivity index (χ2v) is 5.04. The average Bonchev–Trinajstić information content (AvgIpc) is 2.50. The first-order valence-corrected chi connectivity index (χ1v) is 6.93. The molecule has 0 aliphatic heterocycles. The summed E-state index contributed by atoms with van der Waals surface area (Å²) in [5, 5.41) is 10.7. The van der Waals surface area contributed by atoms with Crippen molar-refractivity contribution in [3.8, 4) is 5.75 Å². The summed E-state index contributed by atoms with van der Waals surface area (Å²) in [7, 11) is 0. The molecular formula is C15H18FNO4. The number of carbonyl (C=O) groups is 2. The van der Waals surface area contributed by atoms with Gasteiger partial charge in [0.15, 0.2) is 12.6 Å². The zero-order valence-electron chi connectivity index (χ0n) is 11.6. The second kappa shape index (κ2) is 7.06. The molecule has 1 atom stereocenters. The van der Waals surface area contributed by atoms with Crippen LogP contribution in [-0.4, -0.2) is 36.3 Å². The molecule has 21 heavy (non-hydrogen) atoms. The van der Waals surface area contributed by atoms with Crippen molar-refractivity contribution in [3.05, 3.63) is 29.3 Å². The van der Waals surface area contributed by atoms with E-state index in [1.807, 2.05) is 12.1 Å². The normalized spacial score (nSPS) is 14.9. The van der Waals surface area contributed by atoms with Crippen LogP contribution in [0.15, 0.2) is 18.2 Å². The highest BCUT2D eigenvalue weighted by molar-refractivity contribution is 5.84. The zero-order valence-corrected chi connectivity index (χ0v) is 11.6. The summed E-state index contributed by atoms with van der Waals surface area (Å²) in [6, 6.07) is 4.17. The molecule has 1 amide bonds. The number of carbonyl (C=O) groups excluding carboxylic acids is 1. The number of carboxylic acids is 1. The molecule has 2 rings (SSSR count). The maximum absolute atomic E-state index is 12.4. The standard InChI is InChI=1S/C15H18FNO4/c16-8-13(15(19)20)17-14(18)9-21-12-6-5-10-3-1-2-4-11(10)7-12/h5-7,13H,1-4,8-9H2,(H,17,18)(H,19,20). The highest BCUT2D eigenvalue weighted by Gasteiger charge is 2.19. The summed E-state index contributed by atoms with van der Waals surface area (Å²) in [5.41, 5.74) is 2.53. The van der Waals surface area contributed by atoms with Crippen LogP contribution >= 0.6 is 0 Å². The van der Waals surface area contributed by atoms with Gasteiger partial charge in [0.05, 0.1) is 0 Å². The highest BCUT2D eigenvalue weighted by atomic mass is 19.1. The third kappa shape index (κ3) is 4.18. The molecule has 1 aromatic rings. The highest BCUT2D eigenvalue weighted by Crippen LogP contribution is 2.25. The Hall–Kier alpha value is -2.11. The van der Waals surface area contributed by atoms with E-state index in [0.29, 0.717) is 5.75 Å². The third-order valence-corrected chi connectivity index (χ3v) is 3.48. The van der Waals surface area contributed by atoms with Gasteiger partial charge >= 0.3 is 5.97 Å². The van der Waals surface area contributed by atoms with Crippen LogP contribution in [0.5, 0.6) is 5.75 Å². The predicted molar refractivity (Wildman–Crippen MR) is 74.1 cm³/mol. The van der Waals surface area contributed by atoms with Crippen LogP contribution in [0.1, 0.15) is 24.0 Å². The lowest BCUT2D eigenvalue weighted by molar-refractivity contribution is -0.142. The minimum Gasteiger partial charge on any atom is -0.484 e. The van der Waals surface area contributed by atoms with Crippen molar-refractivity contribution in [2.75, 3.05) is 13.3 Å². The van der Waals surface area contributed by atoms with Crippen LogP contribution < -0.4 is 10.1 Å². The minimum atomic E-state index is -1.52. The van der Waals surface area contributed by atoms with E-state index >= 15 is 0 Å². The first kappa shape index (κ1) is 15.3. The predicted octanol–water partition coefficient (Wildman–Crippen LogP) is 1.48. The fraction of sp³-hybridized carbons (Fsp3) is 0.467. The van der Waals surface area contributed by atoms with Crippen LogP contribution in [-0.2, 0) is 22.4 Å². The number of aryl methyl sites for hydroxylation is 2. The number of benzene rings is 1. The molecule has 0 fully saturated rings. The Labute approximate surface area is 122 Å². The summed E-state index contributed by atoms with van der Waals surface area (Å²) in [5.74, 6) is -1.49. The lowest BCUT2D eigenvalue weighted by Crippen LogP contribution is -2.44. The molecule has 1 aliphatic carbocycles. The van der Waals surface area contributed by atoms with E-state index in [4.69, 9.17) is 9.84 Å². The van der Waals surface area contributed by atoms with Gasteiger partial charge in [-0.1, -0.05) is 6.07 Å². The molecule has 1 unspecified atom stereocenters. The number of rotatable bonds is 6. The maximum Gasteiger partial charge on any atom is 0.328 e. The van der Waals surface area contributed by atoms with Crippen LogP contribution in [0.4, 0.5) is 4.39 Å². The first-order chi connectivity index (χ1) is 10.1. The summed E-state index contributed by atoms with van der Waals surface area (Å²) in [4.78, 5) is 22.1. The molecule has 0 saturated heterocycles. The second-order valence-electron chi connectivity index (χ2n) is 5.04. The number of aliphatic carboxylic acids is 1. The minimum absolute atomic E-state index is 0.331. The summed E-state index contributed by atoms with van der Waals surface area (Å²) < 4.78 is 17.7. The smallest absolute Gasteiger partial charge is 0.328 e. The van der Waals surface area contributed by atoms with Gasteiger partial charge in [-0.3, -0.25) is 4.79 Å². The van der Waals surface area contributed by atoms with Gasteiger partial charge in [-0.05, 0) is 48.9 Å². The van der Waals surface area contributed by atoms with Gasteiger partial charge in [-0.2, -0.15) is 0 Å². The van der Waals surface area contributed by atoms with Gasteiger partial charge in [0, 0.05) is 0 Å². The van der Waals surface area contributed by atoms with Gasteiger partial charge < -0.3 is 15.2 Å². The maximum atomic E-state index is 12.4. The Morgan fingerprint density at radius 3 is 2.67 bits per heavy atom. The number of alkyl halides is 1. The quantitative estimate of drug-likeness (QED) is 0.833. The van der Waals surface area contributed by atoms with Gasteiger partial charge in [-0.15, -0.1) is 0 Å². The number of hydrogen-bond donors (Lipinski definition) is 2. The van der Waals surface area contributed by atoms with Crippen LogP contribution in [0.3, 0.4) is 0 Å². The Kier molecular flexibility index (Phi) is 5.14. The molecule has 6 heteroatoms. The van der Waals surface area contributed by atoms with E-state index in [9.17, 15) is 14.0 Å². The molecule has 2 N–H and O–H groups in total. The van der Waals surface area contributed by atoms with Crippen LogP contribution in [0, 0.1) is 0 Å². The molecule has 0 spiro atoms. The van der Waals surface area contributed by atoms with Gasteiger partial charge in [-0.25, -0.2) is 9.18 Å². The lowest BCUT2D eigenvalue weighted by Gasteiger charge is -2.17. The molecule has 0 saturated carbocycles. The largest absolute Gasteiger partial charge is 0.484 e. The van der Waals surface area contributed by atoms with Crippen LogP contribution in [0.25, 0.3) is 0 Å². The Morgan fingerprint density at radius 1 is 1.29 bits per heavy atom. The molecule has 5 nitrogen and oxygen atoms in total. The number of amides is 1. The van der Waals surface area contributed by atoms with Gasteiger partial charge in [0.2, 0.25) is 0 Å². The van der Waals surface area contributed by atoms with Crippen molar-refractivity contribution < 1.29 is 23.8 Å². The van der Waals surface area contributed by atoms with E-state index in [-0.39, 0.29) is 6.61 Å². The SMILES string of the molecule is O=C(COc1ccc2c(c1)CCCC2)NC(CF)C(=O)O. The Bertz CT molecular complexity index is 532. The molecule has 0 bridgehead atoms. The summed E-state index contributed by atoms with van der Waals surface area (Å²) in [6.45, 7) is -1.48. The van der Waals surface area contributed by atoms with E-state index < -0.39 is 24.6 Å². The monoisotopic (exact) mass is 295 g/mol. The van der Waals surface area contributed by atoms with Gasteiger partial charge in [0.1, 0.15) is 12.4 Å². The van der Waals surface area contributed by atoms with Crippen LogP contribution in [0.2, 0.25) is 0 Å². The molecular weight excluding hydrogens is 277 g/mol. The van der Waals surface area contributed by atoms with E-state index in [0.717, 1.165) is 19.3 Å². The fourth-order valence-electron chi connectivity index (χ4n) is 2.35. The first-order valence-electron chi connectivity index (χ1n) is 6.93. The molecule has 1 aliphatic rings. The van der Waals surface area contributed by atoms with Gasteiger partial charge in [0.25, 0.3) is 5.91 Å². The van der Waals surface area contributed by atoms with E-state index in [2.05, 4.69) is 5.32 Å². The summed E-state index contributed by atoms with van der Waals surface area (Å²) >= 11 is 0. The number of halogens is 1. The van der Waals surface area contributed by atoms with Crippen molar-refractivity contribution in [2.24, 2.45) is 0 Å². The Balaban J connectivity index is 1.88. The lowest BCUT2D eigenvalue weighted by atomic mass is 9.92. The Morgan fingerprint density at radius 2 is 2.00 bits per heavy atom. The van der Waals surface area contributed by atoms with Crippen molar-refractivity contribution in [3.63, 3.8) is 0 Å². The van der Waals surface area contributed by atoms with E-state index in [1.165, 1.54) is 17.5 Å².